The van der Waals surface area contributed by atoms with Gasteiger partial charge in [0.15, 0.2) is 0 Å². The molecule has 0 heterocycles. The van der Waals surface area contributed by atoms with Crippen LogP contribution in [-0.2, 0) is 9.59 Å². The Morgan fingerprint density at radius 3 is 2.15 bits per heavy atom. The van der Waals surface area contributed by atoms with Gasteiger partial charge in [0, 0.05) is 18.3 Å². The van der Waals surface area contributed by atoms with E-state index in [4.69, 9.17) is 5.73 Å². The summed E-state index contributed by atoms with van der Waals surface area (Å²) in [6, 6.07) is 0. The van der Waals surface area contributed by atoms with Gasteiger partial charge in [0.05, 0.1) is 0 Å². The van der Waals surface area contributed by atoms with Crippen LogP contribution in [0.2, 0.25) is 0 Å². The maximum Gasteiger partial charge on any atom is 0.218 e. The quantitative estimate of drug-likeness (QED) is 0.681. The smallest absolute Gasteiger partial charge is 0.218 e. The van der Waals surface area contributed by atoms with E-state index in [-0.39, 0.29) is 29.9 Å². The fraction of sp³-hybridized carbons (Fsp3) is 0.800. The van der Waals surface area contributed by atoms with Gasteiger partial charge < -0.3 is 5.73 Å². The first kappa shape index (κ1) is 12.1. The van der Waals surface area contributed by atoms with Crippen molar-refractivity contribution in [2.75, 3.05) is 0 Å². The van der Waals surface area contributed by atoms with Crippen molar-refractivity contribution in [3.05, 3.63) is 0 Å². The summed E-state index contributed by atoms with van der Waals surface area (Å²) in [5.41, 5.74) is 5.07. The predicted octanol–water partition coefficient (Wildman–Crippen LogP) is 1.50. The zero-order valence-corrected chi connectivity index (χ0v) is 8.67. The van der Waals surface area contributed by atoms with Gasteiger partial charge in [0.2, 0.25) is 5.91 Å². The van der Waals surface area contributed by atoms with Gasteiger partial charge >= 0.3 is 0 Å². The van der Waals surface area contributed by atoms with E-state index < -0.39 is 0 Å². The van der Waals surface area contributed by atoms with Crippen molar-refractivity contribution in [2.24, 2.45) is 17.6 Å². The SMILES string of the molecule is CCCC(CC(N)=O)C(=O)C(C)C. The molecule has 0 aromatic carbocycles. The number of hydrogen-bond acceptors (Lipinski definition) is 2. The van der Waals surface area contributed by atoms with Crippen LogP contribution in [0.5, 0.6) is 0 Å². The van der Waals surface area contributed by atoms with E-state index in [1.165, 1.54) is 0 Å². The summed E-state index contributed by atoms with van der Waals surface area (Å²) in [6.07, 6.45) is 1.88. The van der Waals surface area contributed by atoms with Gasteiger partial charge in [-0.3, -0.25) is 9.59 Å². The van der Waals surface area contributed by atoms with Crippen LogP contribution < -0.4 is 5.73 Å². The van der Waals surface area contributed by atoms with Gasteiger partial charge in [-0.25, -0.2) is 0 Å². The molecule has 1 unspecified atom stereocenters. The third kappa shape index (κ3) is 4.65. The molecule has 0 saturated heterocycles. The maximum absolute atomic E-state index is 11.6. The second-order valence-corrected chi connectivity index (χ2v) is 3.71. The van der Waals surface area contributed by atoms with Crippen molar-refractivity contribution in [3.63, 3.8) is 0 Å². The summed E-state index contributed by atoms with van der Waals surface area (Å²) < 4.78 is 0. The Balaban J connectivity index is 4.23. The topological polar surface area (TPSA) is 60.2 Å². The van der Waals surface area contributed by atoms with Crippen LogP contribution in [0.3, 0.4) is 0 Å². The number of carbonyl (C=O) groups excluding carboxylic acids is 2. The Kier molecular flexibility index (Phi) is 5.35. The molecule has 0 radical (unpaired) electrons. The molecule has 0 bridgehead atoms. The third-order valence-electron chi connectivity index (χ3n) is 2.06. The van der Waals surface area contributed by atoms with Gasteiger partial charge in [-0.05, 0) is 6.42 Å². The minimum absolute atomic E-state index is 0.00380. The molecular formula is C10H19NO2. The number of ketones is 1. The monoisotopic (exact) mass is 185 g/mol. The van der Waals surface area contributed by atoms with Crippen LogP contribution in [0.4, 0.5) is 0 Å². The van der Waals surface area contributed by atoms with E-state index in [1.807, 2.05) is 20.8 Å². The summed E-state index contributed by atoms with van der Waals surface area (Å²) in [5.74, 6) is -0.397. The summed E-state index contributed by atoms with van der Waals surface area (Å²) >= 11 is 0. The minimum atomic E-state index is -0.382. The van der Waals surface area contributed by atoms with Crippen molar-refractivity contribution in [1.29, 1.82) is 0 Å². The molecule has 0 aromatic rings. The van der Waals surface area contributed by atoms with E-state index in [9.17, 15) is 9.59 Å². The molecule has 76 valence electrons. The van der Waals surface area contributed by atoms with E-state index in [0.717, 1.165) is 12.8 Å². The highest BCUT2D eigenvalue weighted by Gasteiger charge is 2.21. The highest BCUT2D eigenvalue weighted by Crippen LogP contribution is 2.16. The Morgan fingerprint density at radius 2 is 1.85 bits per heavy atom. The molecule has 2 N–H and O–H groups in total. The van der Waals surface area contributed by atoms with Crippen LogP contribution in [0.25, 0.3) is 0 Å². The minimum Gasteiger partial charge on any atom is -0.370 e. The fourth-order valence-corrected chi connectivity index (χ4v) is 1.41. The zero-order valence-electron chi connectivity index (χ0n) is 8.67. The second-order valence-electron chi connectivity index (χ2n) is 3.71. The Hall–Kier alpha value is -0.860. The Bertz CT molecular complexity index is 187. The highest BCUT2D eigenvalue weighted by molar-refractivity contribution is 5.87. The molecule has 0 rings (SSSR count). The molecular weight excluding hydrogens is 166 g/mol. The summed E-state index contributed by atoms with van der Waals surface area (Å²) in [5, 5.41) is 0. The Labute approximate surface area is 79.7 Å². The van der Waals surface area contributed by atoms with Crippen molar-refractivity contribution >= 4 is 11.7 Å². The molecule has 0 spiro atoms. The molecule has 0 saturated carbocycles. The lowest BCUT2D eigenvalue weighted by Crippen LogP contribution is -2.25. The molecule has 0 aliphatic rings. The van der Waals surface area contributed by atoms with E-state index in [1.54, 1.807) is 0 Å². The van der Waals surface area contributed by atoms with Crippen molar-refractivity contribution in [2.45, 2.75) is 40.0 Å². The molecule has 0 aliphatic heterocycles. The van der Waals surface area contributed by atoms with Crippen LogP contribution in [0, 0.1) is 11.8 Å². The normalized spacial score (nSPS) is 12.9. The van der Waals surface area contributed by atoms with E-state index in [2.05, 4.69) is 0 Å². The molecule has 0 fully saturated rings. The second kappa shape index (κ2) is 5.73. The van der Waals surface area contributed by atoms with Gasteiger partial charge in [-0.1, -0.05) is 27.2 Å². The first-order chi connectivity index (χ1) is 5.99. The van der Waals surface area contributed by atoms with Gasteiger partial charge in [0.1, 0.15) is 5.78 Å². The number of rotatable bonds is 6. The number of hydrogen-bond donors (Lipinski definition) is 1. The number of primary amides is 1. The number of amides is 1. The number of nitrogens with two attached hydrogens (primary N) is 1. The molecule has 0 aromatic heterocycles. The predicted molar refractivity (Wildman–Crippen MR) is 52.1 cm³/mol. The average molecular weight is 185 g/mol. The van der Waals surface area contributed by atoms with Crippen LogP contribution in [-0.4, -0.2) is 11.7 Å². The first-order valence-electron chi connectivity index (χ1n) is 4.81. The van der Waals surface area contributed by atoms with E-state index >= 15 is 0 Å². The molecule has 3 nitrogen and oxygen atoms in total. The van der Waals surface area contributed by atoms with Crippen molar-refractivity contribution in [3.8, 4) is 0 Å². The lowest BCUT2D eigenvalue weighted by atomic mass is 9.89. The standard InChI is InChI=1S/C10H19NO2/c1-4-5-8(6-9(11)12)10(13)7(2)3/h7-8H,4-6H2,1-3H3,(H2,11,12). The maximum atomic E-state index is 11.6. The lowest BCUT2D eigenvalue weighted by molar-refractivity contribution is -0.130. The molecule has 1 amide bonds. The van der Waals surface area contributed by atoms with Crippen LogP contribution in [0.1, 0.15) is 40.0 Å². The lowest BCUT2D eigenvalue weighted by Gasteiger charge is -2.15. The average Bonchev–Trinajstić information content (AvgIpc) is 2.01. The summed E-state index contributed by atoms with van der Waals surface area (Å²) in [7, 11) is 0. The molecule has 13 heavy (non-hydrogen) atoms. The number of Topliss-reactive ketones (excluding diaryl/α,β-unsaturated/α-hetero) is 1. The third-order valence-corrected chi connectivity index (χ3v) is 2.06. The largest absolute Gasteiger partial charge is 0.370 e. The van der Waals surface area contributed by atoms with Crippen molar-refractivity contribution < 1.29 is 9.59 Å². The van der Waals surface area contributed by atoms with Crippen LogP contribution in [0.15, 0.2) is 0 Å². The molecule has 0 aliphatic carbocycles. The van der Waals surface area contributed by atoms with Gasteiger partial charge in [-0.15, -0.1) is 0 Å². The number of carbonyl (C=O) groups is 2. The zero-order chi connectivity index (χ0) is 10.4. The first-order valence-corrected chi connectivity index (χ1v) is 4.81. The molecule has 1 atom stereocenters. The van der Waals surface area contributed by atoms with Crippen molar-refractivity contribution in [1.82, 2.24) is 0 Å². The fourth-order valence-electron chi connectivity index (χ4n) is 1.41. The Morgan fingerprint density at radius 1 is 1.31 bits per heavy atom. The van der Waals surface area contributed by atoms with Gasteiger partial charge in [-0.2, -0.15) is 0 Å². The summed E-state index contributed by atoms with van der Waals surface area (Å²) in [6.45, 7) is 5.71. The van der Waals surface area contributed by atoms with Gasteiger partial charge in [0.25, 0.3) is 0 Å². The van der Waals surface area contributed by atoms with Crippen LogP contribution >= 0.6 is 0 Å². The van der Waals surface area contributed by atoms with E-state index in [0.29, 0.717) is 0 Å². The summed E-state index contributed by atoms with van der Waals surface area (Å²) in [4.78, 5) is 22.2. The highest BCUT2D eigenvalue weighted by atomic mass is 16.1. The molecule has 3 heteroatoms.